The van der Waals surface area contributed by atoms with Crippen molar-refractivity contribution in [3.8, 4) is 0 Å². The van der Waals surface area contributed by atoms with Crippen LogP contribution in [0.3, 0.4) is 0 Å². The van der Waals surface area contributed by atoms with Gasteiger partial charge in [0.1, 0.15) is 0 Å². The fourth-order valence-electron chi connectivity index (χ4n) is 2.15. The van der Waals surface area contributed by atoms with Crippen molar-refractivity contribution in [2.75, 3.05) is 0 Å². The van der Waals surface area contributed by atoms with Crippen LogP contribution in [0.2, 0.25) is 0 Å². The molecule has 2 N–H and O–H groups in total. The fraction of sp³-hybridized carbons (Fsp3) is 0.733. The summed E-state index contributed by atoms with van der Waals surface area (Å²) in [7, 11) is -3.46. The summed E-state index contributed by atoms with van der Waals surface area (Å²) in [4.78, 5) is 0.360. The number of aromatic nitrogens is 1. The van der Waals surface area contributed by atoms with Crippen LogP contribution in [0.1, 0.15) is 52.7 Å². The normalized spacial score (nSPS) is 16.4. The van der Waals surface area contributed by atoms with Crippen molar-refractivity contribution in [1.82, 2.24) is 14.6 Å². The molecule has 1 saturated carbocycles. The van der Waals surface area contributed by atoms with Crippen LogP contribution in [0.4, 0.5) is 0 Å². The van der Waals surface area contributed by atoms with Gasteiger partial charge in [-0.05, 0) is 46.1 Å². The molecule has 1 fully saturated rings. The molecule has 0 atom stereocenters. The van der Waals surface area contributed by atoms with Crippen LogP contribution in [-0.2, 0) is 23.1 Å². The molecule has 1 heterocycles. The minimum absolute atomic E-state index is 0.360. The first-order chi connectivity index (χ1) is 9.77. The Morgan fingerprint density at radius 1 is 1.33 bits per heavy atom. The van der Waals surface area contributed by atoms with E-state index in [1.807, 2.05) is 32.3 Å². The zero-order valence-corrected chi connectivity index (χ0v) is 14.3. The Hall–Kier alpha value is -0.850. The molecule has 120 valence electrons. The average Bonchev–Trinajstić information content (AvgIpc) is 3.13. The summed E-state index contributed by atoms with van der Waals surface area (Å²) in [5.74, 6) is 0. The van der Waals surface area contributed by atoms with Crippen molar-refractivity contribution in [2.45, 2.75) is 76.5 Å². The molecule has 0 bridgehead atoms. The Labute approximate surface area is 128 Å². The van der Waals surface area contributed by atoms with E-state index in [-0.39, 0.29) is 0 Å². The van der Waals surface area contributed by atoms with Gasteiger partial charge in [-0.1, -0.05) is 6.92 Å². The average molecular weight is 313 g/mol. The van der Waals surface area contributed by atoms with E-state index in [2.05, 4.69) is 10.0 Å². The number of nitrogens with zero attached hydrogens (tertiary/aromatic N) is 1. The molecule has 0 saturated heterocycles. The summed E-state index contributed by atoms with van der Waals surface area (Å²) in [5, 5.41) is 3.44. The van der Waals surface area contributed by atoms with Crippen LogP contribution >= 0.6 is 0 Å². The summed E-state index contributed by atoms with van der Waals surface area (Å²) in [6, 6.07) is 2.40. The van der Waals surface area contributed by atoms with E-state index in [9.17, 15) is 8.42 Å². The number of hydrogen-bond acceptors (Lipinski definition) is 3. The van der Waals surface area contributed by atoms with E-state index in [0.717, 1.165) is 25.2 Å². The van der Waals surface area contributed by atoms with Gasteiger partial charge in [0.15, 0.2) is 0 Å². The molecule has 21 heavy (non-hydrogen) atoms. The summed E-state index contributed by atoms with van der Waals surface area (Å²) in [6.45, 7) is 9.30. The fourth-order valence-corrected chi connectivity index (χ4v) is 3.69. The second-order valence-electron chi connectivity index (χ2n) is 6.45. The maximum atomic E-state index is 12.5. The van der Waals surface area contributed by atoms with Crippen molar-refractivity contribution < 1.29 is 8.42 Å². The van der Waals surface area contributed by atoms with Gasteiger partial charge in [0.25, 0.3) is 0 Å². The summed E-state index contributed by atoms with van der Waals surface area (Å²) in [5.41, 5.74) is 0.596. The molecule has 0 unspecified atom stereocenters. The highest BCUT2D eigenvalue weighted by Crippen LogP contribution is 2.21. The molecule has 0 aliphatic heterocycles. The maximum Gasteiger partial charge on any atom is 0.242 e. The molecule has 1 aromatic heterocycles. The molecule has 2 rings (SSSR count). The van der Waals surface area contributed by atoms with Crippen LogP contribution in [0.15, 0.2) is 17.2 Å². The molecular formula is C15H27N3O2S. The first-order valence-corrected chi connectivity index (χ1v) is 9.22. The Morgan fingerprint density at radius 3 is 2.52 bits per heavy atom. The Morgan fingerprint density at radius 2 is 2.00 bits per heavy atom. The lowest BCUT2D eigenvalue weighted by Crippen LogP contribution is -2.42. The van der Waals surface area contributed by atoms with Crippen molar-refractivity contribution in [3.63, 3.8) is 0 Å². The minimum Gasteiger partial charge on any atom is -0.349 e. The second-order valence-corrected chi connectivity index (χ2v) is 8.13. The molecule has 0 amide bonds. The first-order valence-electron chi connectivity index (χ1n) is 7.74. The second kappa shape index (κ2) is 6.10. The predicted octanol–water partition coefficient (Wildman–Crippen LogP) is 2.23. The smallest absolute Gasteiger partial charge is 0.242 e. The van der Waals surface area contributed by atoms with Gasteiger partial charge >= 0.3 is 0 Å². The Bertz CT molecular complexity index is 586. The largest absolute Gasteiger partial charge is 0.349 e. The topological polar surface area (TPSA) is 63.1 Å². The van der Waals surface area contributed by atoms with Gasteiger partial charge in [0.2, 0.25) is 10.0 Å². The molecule has 6 heteroatoms. The van der Waals surface area contributed by atoms with Crippen molar-refractivity contribution >= 4 is 10.0 Å². The third-order valence-electron chi connectivity index (χ3n) is 4.06. The highest BCUT2D eigenvalue weighted by molar-refractivity contribution is 7.89. The van der Waals surface area contributed by atoms with Gasteiger partial charge in [-0.15, -0.1) is 0 Å². The summed E-state index contributed by atoms with van der Waals surface area (Å²) in [6.07, 6.45) is 4.93. The highest BCUT2D eigenvalue weighted by atomic mass is 32.2. The highest BCUT2D eigenvalue weighted by Gasteiger charge is 2.26. The lowest BCUT2D eigenvalue weighted by molar-refractivity contribution is 0.439. The van der Waals surface area contributed by atoms with E-state index in [4.69, 9.17) is 0 Å². The van der Waals surface area contributed by atoms with Gasteiger partial charge in [-0.3, -0.25) is 0 Å². The van der Waals surface area contributed by atoms with Crippen LogP contribution in [-0.4, -0.2) is 24.6 Å². The zero-order chi connectivity index (χ0) is 15.7. The minimum atomic E-state index is -3.46. The van der Waals surface area contributed by atoms with E-state index in [1.54, 1.807) is 12.3 Å². The number of sulfonamides is 1. The van der Waals surface area contributed by atoms with Crippen LogP contribution in [0.25, 0.3) is 0 Å². The molecule has 0 spiro atoms. The van der Waals surface area contributed by atoms with Gasteiger partial charge in [-0.25, -0.2) is 13.1 Å². The van der Waals surface area contributed by atoms with Gasteiger partial charge < -0.3 is 9.88 Å². The van der Waals surface area contributed by atoms with E-state index in [0.29, 0.717) is 10.9 Å². The van der Waals surface area contributed by atoms with Crippen molar-refractivity contribution in [3.05, 3.63) is 18.0 Å². The van der Waals surface area contributed by atoms with Gasteiger partial charge in [0.05, 0.1) is 4.90 Å². The molecule has 1 aromatic rings. The monoisotopic (exact) mass is 313 g/mol. The Kier molecular flexibility index (Phi) is 4.80. The van der Waals surface area contributed by atoms with Crippen LogP contribution in [0, 0.1) is 0 Å². The van der Waals surface area contributed by atoms with E-state index in [1.165, 1.54) is 12.8 Å². The molecule has 1 aliphatic rings. The molecule has 1 aliphatic carbocycles. The Balaban J connectivity index is 2.18. The SMILES string of the molecule is CCn1cc(S(=O)(=O)NC(C)(C)CC)cc1CNC1CC1. The van der Waals surface area contributed by atoms with Crippen molar-refractivity contribution in [2.24, 2.45) is 0 Å². The third-order valence-corrected chi connectivity index (χ3v) is 5.72. The van der Waals surface area contributed by atoms with E-state index < -0.39 is 15.6 Å². The number of rotatable bonds is 8. The maximum absolute atomic E-state index is 12.5. The van der Waals surface area contributed by atoms with Gasteiger partial charge in [-0.2, -0.15) is 0 Å². The van der Waals surface area contributed by atoms with Gasteiger partial charge in [0, 0.05) is 36.6 Å². The third kappa shape index (κ3) is 4.31. The number of nitrogens with one attached hydrogen (secondary N) is 2. The molecule has 5 nitrogen and oxygen atoms in total. The van der Waals surface area contributed by atoms with Crippen LogP contribution in [0.5, 0.6) is 0 Å². The number of hydrogen-bond donors (Lipinski definition) is 2. The quantitative estimate of drug-likeness (QED) is 0.773. The van der Waals surface area contributed by atoms with Crippen LogP contribution < -0.4 is 10.0 Å². The first kappa shape index (κ1) is 16.5. The zero-order valence-electron chi connectivity index (χ0n) is 13.4. The van der Waals surface area contributed by atoms with E-state index >= 15 is 0 Å². The van der Waals surface area contributed by atoms with Crippen molar-refractivity contribution in [1.29, 1.82) is 0 Å². The molecule has 0 radical (unpaired) electrons. The molecular weight excluding hydrogens is 286 g/mol. The lowest BCUT2D eigenvalue weighted by atomic mass is 10.0. The summed E-state index contributed by atoms with van der Waals surface area (Å²) >= 11 is 0. The predicted molar refractivity (Wildman–Crippen MR) is 84.7 cm³/mol. The molecule has 0 aromatic carbocycles. The summed E-state index contributed by atoms with van der Waals surface area (Å²) < 4.78 is 29.8. The lowest BCUT2D eigenvalue weighted by Gasteiger charge is -2.23. The number of aryl methyl sites for hydroxylation is 1. The standard InChI is InChI=1S/C15H27N3O2S/c1-5-15(3,4)17-21(19,20)14-9-13(18(6-2)11-14)10-16-12-7-8-12/h9,11-12,16-17H,5-8,10H2,1-4H3.